The zero-order valence-electron chi connectivity index (χ0n) is 12.1. The standard InChI is InChI=1S/C17H19N3/c1-11-16(12(2)20(3)19-11)17(18)15-9-8-13-6-4-5-7-14(13)10-15/h4-10,17H,18H2,1-3H3. The van der Waals surface area contributed by atoms with Crippen LogP contribution in [-0.2, 0) is 7.05 Å². The Morgan fingerprint density at radius 1 is 1.05 bits per heavy atom. The van der Waals surface area contributed by atoms with E-state index in [0.717, 1.165) is 22.5 Å². The van der Waals surface area contributed by atoms with E-state index < -0.39 is 0 Å². The molecule has 3 aromatic rings. The minimum atomic E-state index is -0.131. The Bertz CT molecular complexity index is 771. The van der Waals surface area contributed by atoms with Gasteiger partial charge in [0.15, 0.2) is 0 Å². The lowest BCUT2D eigenvalue weighted by atomic mass is 9.96. The fourth-order valence-corrected chi connectivity index (χ4v) is 2.81. The smallest absolute Gasteiger partial charge is 0.0647 e. The molecule has 3 nitrogen and oxygen atoms in total. The molecule has 0 aliphatic carbocycles. The normalized spacial score (nSPS) is 12.8. The number of nitrogens with two attached hydrogens (primary N) is 1. The number of nitrogens with zero attached hydrogens (tertiary/aromatic N) is 2. The Morgan fingerprint density at radius 3 is 2.40 bits per heavy atom. The first-order valence-electron chi connectivity index (χ1n) is 6.82. The topological polar surface area (TPSA) is 43.8 Å². The largest absolute Gasteiger partial charge is 0.320 e. The molecule has 0 saturated carbocycles. The van der Waals surface area contributed by atoms with Crippen molar-refractivity contribution < 1.29 is 0 Å². The first kappa shape index (κ1) is 12.9. The van der Waals surface area contributed by atoms with Gasteiger partial charge in [0.05, 0.1) is 11.7 Å². The van der Waals surface area contributed by atoms with E-state index in [1.807, 2.05) is 18.7 Å². The summed E-state index contributed by atoms with van der Waals surface area (Å²) >= 11 is 0. The van der Waals surface area contributed by atoms with Crippen LogP contribution in [0.4, 0.5) is 0 Å². The van der Waals surface area contributed by atoms with Crippen LogP contribution in [0.5, 0.6) is 0 Å². The van der Waals surface area contributed by atoms with Gasteiger partial charge in [-0.1, -0.05) is 36.4 Å². The van der Waals surface area contributed by atoms with Crippen molar-refractivity contribution in [3.63, 3.8) is 0 Å². The molecule has 0 spiro atoms. The summed E-state index contributed by atoms with van der Waals surface area (Å²) in [4.78, 5) is 0. The molecule has 2 N–H and O–H groups in total. The van der Waals surface area contributed by atoms with Crippen LogP contribution in [0.3, 0.4) is 0 Å². The van der Waals surface area contributed by atoms with E-state index >= 15 is 0 Å². The summed E-state index contributed by atoms with van der Waals surface area (Å²) in [5, 5.41) is 6.92. The third-order valence-corrected chi connectivity index (χ3v) is 4.01. The second-order valence-corrected chi connectivity index (χ2v) is 5.29. The van der Waals surface area contributed by atoms with Crippen LogP contribution in [0.2, 0.25) is 0 Å². The predicted molar refractivity (Wildman–Crippen MR) is 82.7 cm³/mol. The molecule has 0 bridgehead atoms. The van der Waals surface area contributed by atoms with E-state index in [9.17, 15) is 0 Å². The Kier molecular flexibility index (Phi) is 3.07. The van der Waals surface area contributed by atoms with Crippen molar-refractivity contribution >= 4 is 10.8 Å². The summed E-state index contributed by atoms with van der Waals surface area (Å²) in [5.74, 6) is 0. The van der Waals surface area contributed by atoms with Crippen molar-refractivity contribution in [1.82, 2.24) is 9.78 Å². The van der Waals surface area contributed by atoms with Gasteiger partial charge in [-0.2, -0.15) is 5.10 Å². The second-order valence-electron chi connectivity index (χ2n) is 5.29. The van der Waals surface area contributed by atoms with E-state index in [4.69, 9.17) is 5.73 Å². The minimum absolute atomic E-state index is 0.131. The summed E-state index contributed by atoms with van der Waals surface area (Å²) < 4.78 is 1.89. The Hall–Kier alpha value is -2.13. The fraction of sp³-hybridized carbons (Fsp3) is 0.235. The monoisotopic (exact) mass is 265 g/mol. The van der Waals surface area contributed by atoms with E-state index in [-0.39, 0.29) is 6.04 Å². The zero-order chi connectivity index (χ0) is 14.3. The molecular formula is C17H19N3. The molecule has 0 aliphatic rings. The third-order valence-electron chi connectivity index (χ3n) is 4.01. The van der Waals surface area contributed by atoms with Crippen molar-refractivity contribution in [2.45, 2.75) is 19.9 Å². The van der Waals surface area contributed by atoms with Crippen LogP contribution in [0, 0.1) is 13.8 Å². The molecule has 1 heterocycles. The number of aromatic nitrogens is 2. The van der Waals surface area contributed by atoms with E-state index in [1.54, 1.807) is 0 Å². The number of hydrogen-bond donors (Lipinski definition) is 1. The van der Waals surface area contributed by atoms with Gasteiger partial charge in [0.25, 0.3) is 0 Å². The van der Waals surface area contributed by atoms with Gasteiger partial charge in [0.1, 0.15) is 0 Å². The average molecular weight is 265 g/mol. The number of rotatable bonds is 2. The van der Waals surface area contributed by atoms with Crippen LogP contribution in [0.15, 0.2) is 42.5 Å². The Labute approximate surface area is 119 Å². The van der Waals surface area contributed by atoms with Crippen molar-refractivity contribution in [2.75, 3.05) is 0 Å². The summed E-state index contributed by atoms with van der Waals surface area (Å²) in [7, 11) is 1.96. The molecule has 0 aliphatic heterocycles. The molecule has 20 heavy (non-hydrogen) atoms. The highest BCUT2D eigenvalue weighted by atomic mass is 15.3. The van der Waals surface area contributed by atoms with Crippen LogP contribution < -0.4 is 5.73 Å². The summed E-state index contributed by atoms with van der Waals surface area (Å²) in [6, 6.07) is 14.6. The van der Waals surface area contributed by atoms with Crippen LogP contribution in [-0.4, -0.2) is 9.78 Å². The molecule has 0 saturated heterocycles. The maximum Gasteiger partial charge on any atom is 0.0647 e. The Morgan fingerprint density at radius 2 is 1.75 bits per heavy atom. The molecule has 1 unspecified atom stereocenters. The van der Waals surface area contributed by atoms with Crippen LogP contribution in [0.1, 0.15) is 28.6 Å². The maximum atomic E-state index is 6.47. The molecule has 1 atom stereocenters. The first-order valence-corrected chi connectivity index (χ1v) is 6.82. The average Bonchev–Trinajstić information content (AvgIpc) is 2.71. The van der Waals surface area contributed by atoms with Crippen molar-refractivity contribution in [2.24, 2.45) is 12.8 Å². The predicted octanol–water partition coefficient (Wildman–Crippen LogP) is 3.24. The number of hydrogen-bond acceptors (Lipinski definition) is 2. The summed E-state index contributed by atoms with van der Waals surface area (Å²) in [6.45, 7) is 4.08. The van der Waals surface area contributed by atoms with Gasteiger partial charge < -0.3 is 5.73 Å². The second kappa shape index (κ2) is 4.76. The van der Waals surface area contributed by atoms with Gasteiger partial charge in [-0.05, 0) is 36.2 Å². The third kappa shape index (κ3) is 2.00. The van der Waals surface area contributed by atoms with E-state index in [1.165, 1.54) is 10.8 Å². The molecule has 2 aromatic carbocycles. The molecule has 102 valence electrons. The summed E-state index contributed by atoms with van der Waals surface area (Å²) in [5.41, 5.74) is 10.9. The van der Waals surface area contributed by atoms with Crippen molar-refractivity contribution in [1.29, 1.82) is 0 Å². The van der Waals surface area contributed by atoms with Gasteiger partial charge in [-0.15, -0.1) is 0 Å². The molecule has 3 heteroatoms. The molecule has 1 aromatic heterocycles. The lowest BCUT2D eigenvalue weighted by molar-refractivity contribution is 0.728. The molecule has 0 fully saturated rings. The van der Waals surface area contributed by atoms with Gasteiger partial charge in [-0.25, -0.2) is 0 Å². The van der Waals surface area contributed by atoms with Gasteiger partial charge in [0.2, 0.25) is 0 Å². The van der Waals surface area contributed by atoms with Gasteiger partial charge >= 0.3 is 0 Å². The number of aryl methyl sites for hydroxylation is 2. The van der Waals surface area contributed by atoms with Gasteiger partial charge in [-0.3, -0.25) is 4.68 Å². The number of fused-ring (bicyclic) bond motifs is 1. The SMILES string of the molecule is Cc1nn(C)c(C)c1C(N)c1ccc2ccccc2c1. The van der Waals surface area contributed by atoms with Crippen molar-refractivity contribution in [3.05, 3.63) is 65.0 Å². The lowest BCUT2D eigenvalue weighted by Gasteiger charge is -2.14. The first-order chi connectivity index (χ1) is 9.58. The summed E-state index contributed by atoms with van der Waals surface area (Å²) in [6.07, 6.45) is 0. The van der Waals surface area contributed by atoms with Crippen molar-refractivity contribution in [3.8, 4) is 0 Å². The lowest BCUT2D eigenvalue weighted by Crippen LogP contribution is -2.13. The number of benzene rings is 2. The maximum absolute atomic E-state index is 6.47. The quantitative estimate of drug-likeness (QED) is 0.773. The Balaban J connectivity index is 2.10. The van der Waals surface area contributed by atoms with E-state index in [2.05, 4.69) is 54.5 Å². The van der Waals surface area contributed by atoms with Gasteiger partial charge in [0, 0.05) is 18.3 Å². The zero-order valence-corrected chi connectivity index (χ0v) is 12.1. The van der Waals surface area contributed by atoms with Crippen LogP contribution in [0.25, 0.3) is 10.8 Å². The van der Waals surface area contributed by atoms with E-state index in [0.29, 0.717) is 0 Å². The highest BCUT2D eigenvalue weighted by Gasteiger charge is 2.18. The molecule has 0 amide bonds. The highest BCUT2D eigenvalue weighted by Crippen LogP contribution is 2.27. The molecule has 0 radical (unpaired) electrons. The van der Waals surface area contributed by atoms with Crippen LogP contribution >= 0.6 is 0 Å². The highest BCUT2D eigenvalue weighted by molar-refractivity contribution is 5.83. The molecular weight excluding hydrogens is 246 g/mol. The fourth-order valence-electron chi connectivity index (χ4n) is 2.81. The molecule has 3 rings (SSSR count). The minimum Gasteiger partial charge on any atom is -0.320 e.